The summed E-state index contributed by atoms with van der Waals surface area (Å²) in [6.07, 6.45) is 48.4. The minimum absolute atomic E-state index is 0.286. The predicted molar refractivity (Wildman–Crippen MR) is 236 cm³/mol. The van der Waals surface area contributed by atoms with Gasteiger partial charge in [0.05, 0.1) is 17.9 Å². The standard InChI is InChI=1S/C47H93NO6S/c1-3-5-7-9-11-13-15-17-19-21-23-24-26-27-29-31-33-35-37-39-41-45(49)44(43-55(52,53)54)48-47(51)46(50)42-40-38-36-34-32-30-28-25-22-20-18-16-14-12-10-8-6-4-2/h39,41,44-46,49-50H,3-38,40,42-43H2,1-2H3,(H,48,51)(H,52,53,54)/b41-39+. The van der Waals surface area contributed by atoms with Gasteiger partial charge in [0.15, 0.2) is 0 Å². The lowest BCUT2D eigenvalue weighted by atomic mass is 10.0. The van der Waals surface area contributed by atoms with Gasteiger partial charge in [-0.3, -0.25) is 9.35 Å². The number of hydrogen-bond acceptors (Lipinski definition) is 5. The number of allylic oxidation sites excluding steroid dienone is 1. The second kappa shape index (κ2) is 41.2. The molecule has 0 aliphatic heterocycles. The topological polar surface area (TPSA) is 124 Å². The largest absolute Gasteiger partial charge is 0.387 e. The van der Waals surface area contributed by atoms with Crippen molar-refractivity contribution in [3.8, 4) is 0 Å². The zero-order valence-electron chi connectivity index (χ0n) is 36.4. The Morgan fingerprint density at radius 3 is 1.09 bits per heavy atom. The summed E-state index contributed by atoms with van der Waals surface area (Å²) in [6, 6.07) is -1.23. The fraction of sp³-hybridized carbons (Fsp3) is 0.936. The molecular formula is C47H93NO6S. The van der Waals surface area contributed by atoms with E-state index in [-0.39, 0.29) is 6.42 Å². The number of unbranched alkanes of at least 4 members (excludes halogenated alkanes) is 35. The second-order valence-corrected chi connectivity index (χ2v) is 18.4. The summed E-state index contributed by atoms with van der Waals surface area (Å²) in [5.74, 6) is -1.52. The molecule has 0 spiro atoms. The van der Waals surface area contributed by atoms with Crippen LogP contribution in [0.3, 0.4) is 0 Å². The molecule has 0 radical (unpaired) electrons. The summed E-state index contributed by atoms with van der Waals surface area (Å²) in [7, 11) is -4.44. The van der Waals surface area contributed by atoms with Gasteiger partial charge in [-0.1, -0.05) is 251 Å². The van der Waals surface area contributed by atoms with Crippen molar-refractivity contribution >= 4 is 16.0 Å². The monoisotopic (exact) mass is 800 g/mol. The zero-order chi connectivity index (χ0) is 40.5. The van der Waals surface area contributed by atoms with Crippen LogP contribution in [-0.4, -0.2) is 53.1 Å². The van der Waals surface area contributed by atoms with E-state index in [9.17, 15) is 28.0 Å². The minimum atomic E-state index is -4.44. The van der Waals surface area contributed by atoms with Gasteiger partial charge in [-0.25, -0.2) is 0 Å². The van der Waals surface area contributed by atoms with Crippen molar-refractivity contribution in [2.75, 3.05) is 5.75 Å². The van der Waals surface area contributed by atoms with Crippen LogP contribution < -0.4 is 5.32 Å². The number of aliphatic hydroxyl groups is 2. The average Bonchev–Trinajstić information content (AvgIpc) is 3.15. The van der Waals surface area contributed by atoms with Crippen molar-refractivity contribution in [2.24, 2.45) is 0 Å². The summed E-state index contributed by atoms with van der Waals surface area (Å²) >= 11 is 0. The average molecular weight is 800 g/mol. The van der Waals surface area contributed by atoms with Crippen LogP contribution in [0.5, 0.6) is 0 Å². The molecular weight excluding hydrogens is 707 g/mol. The quantitative estimate of drug-likeness (QED) is 0.0276. The fourth-order valence-corrected chi connectivity index (χ4v) is 8.37. The lowest BCUT2D eigenvalue weighted by Crippen LogP contribution is -2.50. The van der Waals surface area contributed by atoms with Gasteiger partial charge in [0.1, 0.15) is 6.10 Å². The number of carbonyl (C=O) groups excluding carboxylic acids is 1. The molecule has 1 amide bonds. The van der Waals surface area contributed by atoms with Crippen molar-refractivity contribution in [3.05, 3.63) is 12.2 Å². The molecule has 328 valence electrons. The third kappa shape index (κ3) is 41.0. The molecule has 0 rings (SSSR count). The van der Waals surface area contributed by atoms with Gasteiger partial charge in [-0.2, -0.15) is 8.42 Å². The highest BCUT2D eigenvalue weighted by molar-refractivity contribution is 7.85. The maximum Gasteiger partial charge on any atom is 0.267 e. The first-order valence-corrected chi connectivity index (χ1v) is 25.6. The Morgan fingerprint density at radius 1 is 0.491 bits per heavy atom. The van der Waals surface area contributed by atoms with Crippen LogP contribution in [-0.2, 0) is 14.9 Å². The molecule has 7 nitrogen and oxygen atoms in total. The lowest BCUT2D eigenvalue weighted by molar-refractivity contribution is -0.130. The van der Waals surface area contributed by atoms with Crippen LogP contribution in [0.2, 0.25) is 0 Å². The van der Waals surface area contributed by atoms with E-state index in [0.29, 0.717) is 6.42 Å². The van der Waals surface area contributed by atoms with Crippen LogP contribution in [0.25, 0.3) is 0 Å². The van der Waals surface area contributed by atoms with Crippen LogP contribution in [0.1, 0.15) is 258 Å². The first kappa shape index (κ1) is 54.0. The summed E-state index contributed by atoms with van der Waals surface area (Å²) in [5.41, 5.74) is 0. The molecule has 55 heavy (non-hydrogen) atoms. The van der Waals surface area contributed by atoms with Gasteiger partial charge in [0.2, 0.25) is 5.91 Å². The van der Waals surface area contributed by atoms with Crippen molar-refractivity contribution < 1.29 is 28.0 Å². The molecule has 0 aromatic heterocycles. The Bertz CT molecular complexity index is 942. The normalized spacial score (nSPS) is 13.8. The highest BCUT2D eigenvalue weighted by atomic mass is 32.2. The van der Waals surface area contributed by atoms with Crippen molar-refractivity contribution in [1.29, 1.82) is 0 Å². The van der Waals surface area contributed by atoms with Gasteiger partial charge in [-0.05, 0) is 19.3 Å². The molecule has 3 atom stereocenters. The Labute approximate surface area is 342 Å². The zero-order valence-corrected chi connectivity index (χ0v) is 37.3. The Balaban J connectivity index is 3.91. The Hall–Kier alpha value is -0.960. The number of carbonyl (C=O) groups is 1. The summed E-state index contributed by atoms with van der Waals surface area (Å²) in [6.45, 7) is 4.54. The number of aliphatic hydroxyl groups excluding tert-OH is 2. The molecule has 0 heterocycles. The van der Waals surface area contributed by atoms with Crippen LogP contribution in [0.15, 0.2) is 12.2 Å². The number of hydrogen-bond donors (Lipinski definition) is 4. The van der Waals surface area contributed by atoms with E-state index < -0.39 is 40.0 Å². The highest BCUT2D eigenvalue weighted by Gasteiger charge is 2.27. The van der Waals surface area contributed by atoms with Crippen LogP contribution in [0.4, 0.5) is 0 Å². The first-order valence-electron chi connectivity index (χ1n) is 24.0. The predicted octanol–water partition coefficient (Wildman–Crippen LogP) is 13.5. The highest BCUT2D eigenvalue weighted by Crippen LogP contribution is 2.17. The van der Waals surface area contributed by atoms with Crippen LogP contribution >= 0.6 is 0 Å². The van der Waals surface area contributed by atoms with Gasteiger partial charge in [0, 0.05) is 0 Å². The maximum atomic E-state index is 12.6. The van der Waals surface area contributed by atoms with Crippen molar-refractivity contribution in [3.63, 3.8) is 0 Å². The molecule has 0 saturated carbocycles. The van der Waals surface area contributed by atoms with Gasteiger partial charge < -0.3 is 15.5 Å². The second-order valence-electron chi connectivity index (χ2n) is 16.9. The molecule has 0 aliphatic carbocycles. The molecule has 0 aromatic rings. The SMILES string of the molecule is CCCCCCCCCCCCCCCCCCCC/C=C/C(O)C(CS(=O)(=O)O)NC(=O)C(O)CCCCCCCCCCCCCCCCCCCC. The minimum Gasteiger partial charge on any atom is -0.387 e. The molecule has 0 bridgehead atoms. The molecule has 0 fully saturated rings. The molecule has 8 heteroatoms. The summed E-state index contributed by atoms with van der Waals surface area (Å²) in [5, 5.41) is 23.5. The first-order chi connectivity index (χ1) is 26.7. The maximum absolute atomic E-state index is 12.6. The summed E-state index contributed by atoms with van der Waals surface area (Å²) < 4.78 is 32.7. The van der Waals surface area contributed by atoms with E-state index in [4.69, 9.17) is 0 Å². The molecule has 0 aromatic carbocycles. The van der Waals surface area contributed by atoms with Gasteiger partial charge in [-0.15, -0.1) is 0 Å². The Kier molecular flexibility index (Phi) is 40.5. The van der Waals surface area contributed by atoms with E-state index in [1.165, 1.54) is 199 Å². The van der Waals surface area contributed by atoms with E-state index >= 15 is 0 Å². The fourth-order valence-electron chi connectivity index (χ4n) is 7.64. The number of nitrogens with one attached hydrogen (secondary N) is 1. The third-order valence-corrected chi connectivity index (χ3v) is 12.1. The van der Waals surface area contributed by atoms with Crippen molar-refractivity contribution in [2.45, 2.75) is 276 Å². The van der Waals surface area contributed by atoms with E-state index in [0.717, 1.165) is 38.5 Å². The van der Waals surface area contributed by atoms with Gasteiger partial charge >= 0.3 is 0 Å². The molecule has 4 N–H and O–H groups in total. The van der Waals surface area contributed by atoms with E-state index in [2.05, 4.69) is 19.2 Å². The van der Waals surface area contributed by atoms with E-state index in [1.807, 2.05) is 6.08 Å². The van der Waals surface area contributed by atoms with Crippen molar-refractivity contribution in [1.82, 2.24) is 5.32 Å². The molecule has 3 unspecified atom stereocenters. The summed E-state index contributed by atoms with van der Waals surface area (Å²) in [4.78, 5) is 12.6. The number of amides is 1. The molecule has 0 aliphatic rings. The smallest absolute Gasteiger partial charge is 0.267 e. The molecule has 0 saturated heterocycles. The van der Waals surface area contributed by atoms with Gasteiger partial charge in [0.25, 0.3) is 10.1 Å². The van der Waals surface area contributed by atoms with Crippen LogP contribution in [0, 0.1) is 0 Å². The number of rotatable bonds is 44. The lowest BCUT2D eigenvalue weighted by Gasteiger charge is -2.22. The van der Waals surface area contributed by atoms with E-state index in [1.54, 1.807) is 0 Å². The Morgan fingerprint density at radius 2 is 0.782 bits per heavy atom. The third-order valence-electron chi connectivity index (χ3n) is 11.3.